The smallest absolute Gasteiger partial charge is 0.243 e. The zero-order valence-corrected chi connectivity index (χ0v) is 14.7. The van der Waals surface area contributed by atoms with E-state index in [1.165, 1.54) is 17.5 Å². The average Bonchev–Trinajstić information content (AvgIpc) is 2.94. The van der Waals surface area contributed by atoms with Gasteiger partial charge in [-0.05, 0) is 12.1 Å². The molecule has 6 nitrogen and oxygen atoms in total. The number of methoxy groups -OCH3 is 1. The van der Waals surface area contributed by atoms with Gasteiger partial charge in [-0.2, -0.15) is 4.31 Å². The zero-order chi connectivity index (χ0) is 15.8. The van der Waals surface area contributed by atoms with Crippen molar-refractivity contribution in [2.75, 3.05) is 40.0 Å². The maximum absolute atomic E-state index is 12.9. The first-order valence-electron chi connectivity index (χ1n) is 7.02. The normalized spacial score (nSPS) is 26.5. The Bertz CT molecular complexity index is 657. The summed E-state index contributed by atoms with van der Waals surface area (Å²) in [4.78, 5) is 0.217. The number of benzene rings is 1. The lowest BCUT2D eigenvalue weighted by Gasteiger charge is -2.38. The largest absolute Gasteiger partial charge is 0.497 e. The summed E-state index contributed by atoms with van der Waals surface area (Å²) < 4.78 is 44.3. The van der Waals surface area contributed by atoms with Crippen molar-refractivity contribution in [1.82, 2.24) is 4.31 Å². The minimum atomic E-state index is -3.59. The van der Waals surface area contributed by atoms with Crippen molar-refractivity contribution in [2.24, 2.45) is 0 Å². The van der Waals surface area contributed by atoms with Gasteiger partial charge in [0.25, 0.3) is 0 Å². The van der Waals surface area contributed by atoms with Crippen molar-refractivity contribution in [3.05, 3.63) is 22.7 Å². The Balaban J connectivity index is 1.90. The molecule has 0 amide bonds. The Hall–Kier alpha value is -0.670. The topological polar surface area (TPSA) is 65.1 Å². The van der Waals surface area contributed by atoms with E-state index in [1.54, 1.807) is 12.1 Å². The molecule has 2 aliphatic heterocycles. The number of morpholine rings is 1. The highest BCUT2D eigenvalue weighted by Gasteiger charge is 2.44. The highest BCUT2D eigenvalue weighted by molar-refractivity contribution is 9.10. The Morgan fingerprint density at radius 2 is 2.14 bits per heavy atom. The highest BCUT2D eigenvalue weighted by atomic mass is 79.9. The van der Waals surface area contributed by atoms with Gasteiger partial charge >= 0.3 is 0 Å². The summed E-state index contributed by atoms with van der Waals surface area (Å²) in [6.07, 6.45) is 0.723. The lowest BCUT2D eigenvalue weighted by Crippen LogP contribution is -2.54. The maximum atomic E-state index is 12.9. The van der Waals surface area contributed by atoms with Crippen LogP contribution in [0.2, 0.25) is 0 Å². The van der Waals surface area contributed by atoms with Gasteiger partial charge in [0.1, 0.15) is 11.4 Å². The van der Waals surface area contributed by atoms with Crippen molar-refractivity contribution >= 4 is 26.0 Å². The molecule has 0 radical (unpaired) electrons. The van der Waals surface area contributed by atoms with Gasteiger partial charge in [-0.15, -0.1) is 0 Å². The van der Waals surface area contributed by atoms with Crippen LogP contribution in [0.1, 0.15) is 6.42 Å². The fourth-order valence-corrected chi connectivity index (χ4v) is 4.98. The van der Waals surface area contributed by atoms with Gasteiger partial charge < -0.3 is 14.2 Å². The molecular weight excluding hydrogens is 374 g/mol. The van der Waals surface area contributed by atoms with Gasteiger partial charge in [-0.25, -0.2) is 8.42 Å². The molecule has 0 aliphatic carbocycles. The van der Waals surface area contributed by atoms with Crippen LogP contribution >= 0.6 is 15.9 Å². The maximum Gasteiger partial charge on any atom is 0.243 e. The zero-order valence-electron chi connectivity index (χ0n) is 12.2. The molecule has 1 spiro atoms. The third kappa shape index (κ3) is 3.03. The Labute approximate surface area is 138 Å². The monoisotopic (exact) mass is 391 g/mol. The number of rotatable bonds is 3. The van der Waals surface area contributed by atoms with Crippen molar-refractivity contribution < 1.29 is 22.6 Å². The minimum Gasteiger partial charge on any atom is -0.497 e. The van der Waals surface area contributed by atoms with Crippen molar-refractivity contribution in [1.29, 1.82) is 0 Å². The Morgan fingerprint density at radius 3 is 2.82 bits per heavy atom. The Morgan fingerprint density at radius 1 is 1.32 bits per heavy atom. The predicted molar refractivity (Wildman–Crippen MR) is 83.6 cm³/mol. The molecule has 22 heavy (non-hydrogen) atoms. The van der Waals surface area contributed by atoms with E-state index < -0.39 is 15.6 Å². The molecule has 2 saturated heterocycles. The number of halogens is 1. The number of ether oxygens (including phenoxy) is 3. The van der Waals surface area contributed by atoms with Gasteiger partial charge in [0.05, 0.1) is 25.2 Å². The molecule has 122 valence electrons. The van der Waals surface area contributed by atoms with E-state index in [0.29, 0.717) is 43.1 Å². The van der Waals surface area contributed by atoms with Crippen LogP contribution < -0.4 is 4.74 Å². The average molecular weight is 392 g/mol. The molecule has 0 N–H and O–H groups in total. The molecule has 3 rings (SSSR count). The van der Waals surface area contributed by atoms with Crippen molar-refractivity contribution in [2.45, 2.75) is 16.9 Å². The molecule has 8 heteroatoms. The quantitative estimate of drug-likeness (QED) is 0.783. The summed E-state index contributed by atoms with van der Waals surface area (Å²) in [7, 11) is -2.08. The van der Waals surface area contributed by atoms with E-state index in [4.69, 9.17) is 14.2 Å². The third-order valence-corrected chi connectivity index (χ3v) is 6.28. The summed E-state index contributed by atoms with van der Waals surface area (Å²) in [5.74, 6) is 0.500. The molecule has 2 aliphatic rings. The minimum absolute atomic E-state index is 0.217. The van der Waals surface area contributed by atoms with E-state index in [-0.39, 0.29) is 4.90 Å². The molecule has 1 atom stereocenters. The summed E-state index contributed by atoms with van der Waals surface area (Å²) in [5, 5.41) is 0. The van der Waals surface area contributed by atoms with Crippen LogP contribution in [-0.4, -0.2) is 58.3 Å². The van der Waals surface area contributed by atoms with Crippen LogP contribution in [0.5, 0.6) is 5.75 Å². The fraction of sp³-hybridized carbons (Fsp3) is 0.571. The second-order valence-corrected chi connectivity index (χ2v) is 8.35. The SMILES string of the molecule is COc1cc(Br)cc(S(=O)(=O)N2CCOC3(CCOC3)C2)c1. The molecule has 1 aromatic rings. The van der Waals surface area contributed by atoms with Gasteiger partial charge in [-0.1, -0.05) is 15.9 Å². The van der Waals surface area contributed by atoms with Crippen LogP contribution in [0.4, 0.5) is 0 Å². The van der Waals surface area contributed by atoms with Crippen LogP contribution in [0.15, 0.2) is 27.6 Å². The van der Waals surface area contributed by atoms with Crippen LogP contribution in [0.3, 0.4) is 0 Å². The molecule has 0 bridgehead atoms. The first-order chi connectivity index (χ1) is 10.5. The van der Waals surface area contributed by atoms with E-state index >= 15 is 0 Å². The second kappa shape index (κ2) is 6.09. The molecular formula is C14H18BrNO5S. The second-order valence-electron chi connectivity index (χ2n) is 5.50. The number of sulfonamides is 1. The van der Waals surface area contributed by atoms with Crippen LogP contribution in [0.25, 0.3) is 0 Å². The molecule has 2 heterocycles. The first kappa shape index (κ1) is 16.2. The van der Waals surface area contributed by atoms with Gasteiger partial charge in [0.2, 0.25) is 10.0 Å². The van der Waals surface area contributed by atoms with E-state index in [1.807, 2.05) is 0 Å². The molecule has 0 saturated carbocycles. The van der Waals surface area contributed by atoms with E-state index in [9.17, 15) is 8.42 Å². The molecule has 1 aromatic carbocycles. The summed E-state index contributed by atoms with van der Waals surface area (Å²) in [5.41, 5.74) is -0.499. The number of hydrogen-bond acceptors (Lipinski definition) is 5. The van der Waals surface area contributed by atoms with E-state index in [2.05, 4.69) is 15.9 Å². The standard InChI is InChI=1S/C14H18BrNO5S/c1-19-12-6-11(15)7-13(8-12)22(17,18)16-3-5-21-14(9-16)2-4-20-10-14/h6-8H,2-5,9-10H2,1H3. The summed E-state index contributed by atoms with van der Waals surface area (Å²) >= 11 is 3.32. The first-order valence-corrected chi connectivity index (χ1v) is 9.25. The molecule has 0 aromatic heterocycles. The van der Waals surface area contributed by atoms with Crippen molar-refractivity contribution in [3.8, 4) is 5.75 Å². The lowest BCUT2D eigenvalue weighted by atomic mass is 10.0. The summed E-state index contributed by atoms with van der Waals surface area (Å²) in [6, 6.07) is 4.85. The molecule has 1 unspecified atom stereocenters. The van der Waals surface area contributed by atoms with Crippen molar-refractivity contribution in [3.63, 3.8) is 0 Å². The van der Waals surface area contributed by atoms with Gasteiger partial charge in [0, 0.05) is 36.7 Å². The van der Waals surface area contributed by atoms with Crippen LogP contribution in [0, 0.1) is 0 Å². The summed E-state index contributed by atoms with van der Waals surface area (Å²) in [6.45, 7) is 2.11. The molecule has 2 fully saturated rings. The highest BCUT2D eigenvalue weighted by Crippen LogP contribution is 2.32. The van der Waals surface area contributed by atoms with Crippen LogP contribution in [-0.2, 0) is 19.5 Å². The fourth-order valence-electron chi connectivity index (χ4n) is 2.80. The third-order valence-electron chi connectivity index (χ3n) is 4.00. The van der Waals surface area contributed by atoms with E-state index in [0.717, 1.165) is 6.42 Å². The van der Waals surface area contributed by atoms with Gasteiger partial charge in [-0.3, -0.25) is 0 Å². The number of nitrogens with zero attached hydrogens (tertiary/aromatic N) is 1. The predicted octanol–water partition coefficient (Wildman–Crippen LogP) is 1.64. The Kier molecular flexibility index (Phi) is 4.48. The lowest BCUT2D eigenvalue weighted by molar-refractivity contribution is -0.0897. The van der Waals surface area contributed by atoms with Gasteiger partial charge in [0.15, 0.2) is 0 Å². The number of hydrogen-bond donors (Lipinski definition) is 0.